The summed E-state index contributed by atoms with van der Waals surface area (Å²) in [5.74, 6) is 0.780. The number of anilines is 2. The van der Waals surface area contributed by atoms with Crippen LogP contribution in [-0.2, 0) is 0 Å². The molecule has 2 aromatic heterocycles. The number of nitrogens with two attached hydrogens (primary N) is 1. The first kappa shape index (κ1) is 12.7. The predicted molar refractivity (Wildman–Crippen MR) is 75.6 cm³/mol. The lowest BCUT2D eigenvalue weighted by Gasteiger charge is -2.23. The van der Waals surface area contributed by atoms with E-state index in [1.54, 1.807) is 4.52 Å². The smallest absolute Gasteiger partial charge is 0.172 e. The zero-order valence-electron chi connectivity index (χ0n) is 11.3. The lowest BCUT2D eigenvalue weighted by Crippen LogP contribution is -2.36. The van der Waals surface area contributed by atoms with Crippen molar-refractivity contribution in [1.82, 2.24) is 9.61 Å². The number of aromatic nitrogens is 2. The number of nitrogens with one attached hydrogen (secondary N) is 1. The molecule has 0 saturated heterocycles. The fourth-order valence-corrected chi connectivity index (χ4v) is 1.91. The molecular weight excluding hydrogens is 226 g/mol. The van der Waals surface area contributed by atoms with Gasteiger partial charge in [-0.3, -0.25) is 0 Å². The fraction of sp³-hybridized carbons (Fsp3) is 0.462. The lowest BCUT2D eigenvalue weighted by atomic mass is 10.3. The summed E-state index contributed by atoms with van der Waals surface area (Å²) in [6.07, 6.45) is 3.00. The van der Waals surface area contributed by atoms with E-state index in [-0.39, 0.29) is 0 Å². The summed E-state index contributed by atoms with van der Waals surface area (Å²) in [7, 11) is 6.58. The summed E-state index contributed by atoms with van der Waals surface area (Å²) < 4.78 is 2.78. The van der Waals surface area contributed by atoms with Crippen LogP contribution in [0.5, 0.6) is 0 Å². The van der Waals surface area contributed by atoms with E-state index in [9.17, 15) is 0 Å². The minimum absolute atomic E-state index is 0.723. The molecule has 0 unspecified atom stereocenters. The second-order valence-electron chi connectivity index (χ2n) is 5.59. The molecule has 0 radical (unpaired) electrons. The summed E-state index contributed by atoms with van der Waals surface area (Å²) in [5, 5.41) is 7.73. The van der Waals surface area contributed by atoms with Gasteiger partial charge in [0.05, 0.1) is 33.2 Å². The van der Waals surface area contributed by atoms with Crippen molar-refractivity contribution in [3.63, 3.8) is 0 Å². The van der Waals surface area contributed by atoms with Crippen LogP contribution in [0.15, 0.2) is 24.4 Å². The first-order valence-electron chi connectivity index (χ1n) is 6.24. The molecule has 0 amide bonds. The molecule has 2 aromatic rings. The van der Waals surface area contributed by atoms with Gasteiger partial charge in [-0.25, -0.2) is 4.52 Å². The zero-order chi connectivity index (χ0) is 13.2. The highest BCUT2D eigenvalue weighted by molar-refractivity contribution is 5.80. The number of nitrogen functional groups attached to an aromatic ring is 1. The van der Waals surface area contributed by atoms with Gasteiger partial charge in [-0.1, -0.05) is 6.07 Å². The van der Waals surface area contributed by atoms with Crippen LogP contribution in [0.4, 0.5) is 11.5 Å². The van der Waals surface area contributed by atoms with Crippen molar-refractivity contribution >= 4 is 17.0 Å². The van der Waals surface area contributed by atoms with E-state index in [0.717, 1.165) is 41.0 Å². The second kappa shape index (κ2) is 4.86. The Balaban J connectivity index is 1.98. The molecule has 0 bridgehead atoms. The standard InChI is InChI=1S/C13H22N5/c1-18(2,3)10-6-8-15-13-12(14)11-7-4-5-9-17(11)16-13/h4-5,7,9H,6,8,10,14H2,1-3H3,(H,15,16)/q+1. The van der Waals surface area contributed by atoms with Crippen LogP contribution in [-0.4, -0.2) is 48.3 Å². The van der Waals surface area contributed by atoms with Crippen molar-refractivity contribution in [3.8, 4) is 0 Å². The predicted octanol–water partition coefficient (Wildman–Crippen LogP) is 1.42. The molecule has 2 heterocycles. The van der Waals surface area contributed by atoms with E-state index >= 15 is 0 Å². The SMILES string of the molecule is C[N+](C)(C)CCCNc1nn2ccccc2c1N. The van der Waals surface area contributed by atoms with Gasteiger partial charge in [-0.15, -0.1) is 5.10 Å². The van der Waals surface area contributed by atoms with Crippen LogP contribution >= 0.6 is 0 Å². The maximum atomic E-state index is 6.06. The van der Waals surface area contributed by atoms with Gasteiger partial charge in [0.15, 0.2) is 5.82 Å². The van der Waals surface area contributed by atoms with Crippen molar-refractivity contribution in [3.05, 3.63) is 24.4 Å². The molecule has 5 heteroatoms. The Morgan fingerprint density at radius 3 is 2.78 bits per heavy atom. The van der Waals surface area contributed by atoms with Gasteiger partial charge in [0, 0.05) is 19.2 Å². The lowest BCUT2D eigenvalue weighted by molar-refractivity contribution is -0.870. The zero-order valence-corrected chi connectivity index (χ0v) is 11.3. The van der Waals surface area contributed by atoms with Crippen LogP contribution in [0.3, 0.4) is 0 Å². The van der Waals surface area contributed by atoms with Crippen LogP contribution in [0.25, 0.3) is 5.52 Å². The van der Waals surface area contributed by atoms with Crippen molar-refractivity contribution in [2.45, 2.75) is 6.42 Å². The first-order valence-corrected chi connectivity index (χ1v) is 6.24. The number of hydrogen-bond acceptors (Lipinski definition) is 3. The van der Waals surface area contributed by atoms with E-state index in [1.165, 1.54) is 0 Å². The van der Waals surface area contributed by atoms with Crippen molar-refractivity contribution < 1.29 is 4.48 Å². The van der Waals surface area contributed by atoms with E-state index < -0.39 is 0 Å². The topological polar surface area (TPSA) is 55.4 Å². The molecule has 0 atom stereocenters. The van der Waals surface area contributed by atoms with Crippen LogP contribution in [0, 0.1) is 0 Å². The molecule has 0 aliphatic heterocycles. The molecule has 18 heavy (non-hydrogen) atoms. The minimum atomic E-state index is 0.723. The number of quaternary nitrogens is 1. The van der Waals surface area contributed by atoms with E-state index in [4.69, 9.17) is 5.73 Å². The Labute approximate surface area is 108 Å². The van der Waals surface area contributed by atoms with E-state index in [1.807, 2.05) is 24.4 Å². The summed E-state index contributed by atoms with van der Waals surface area (Å²) in [4.78, 5) is 0. The fourth-order valence-electron chi connectivity index (χ4n) is 1.91. The molecule has 3 N–H and O–H groups in total. The van der Waals surface area contributed by atoms with Gasteiger partial charge in [0.25, 0.3) is 0 Å². The van der Waals surface area contributed by atoms with Gasteiger partial charge in [-0.2, -0.15) is 0 Å². The Morgan fingerprint density at radius 2 is 2.11 bits per heavy atom. The van der Waals surface area contributed by atoms with Gasteiger partial charge in [0.1, 0.15) is 5.69 Å². The molecule has 0 aromatic carbocycles. The maximum Gasteiger partial charge on any atom is 0.172 e. The monoisotopic (exact) mass is 248 g/mol. The average Bonchev–Trinajstić information content (AvgIpc) is 2.62. The Hall–Kier alpha value is -1.75. The largest absolute Gasteiger partial charge is 0.394 e. The third-order valence-corrected chi connectivity index (χ3v) is 2.88. The molecular formula is C13H22N5+. The summed E-state index contributed by atoms with van der Waals surface area (Å²) in [6, 6.07) is 5.88. The quantitative estimate of drug-likeness (QED) is 0.621. The summed E-state index contributed by atoms with van der Waals surface area (Å²) in [6.45, 7) is 2.02. The number of fused-ring (bicyclic) bond motifs is 1. The molecule has 0 saturated carbocycles. The molecule has 5 nitrogen and oxygen atoms in total. The maximum absolute atomic E-state index is 6.06. The third-order valence-electron chi connectivity index (χ3n) is 2.88. The van der Waals surface area contributed by atoms with Crippen LogP contribution in [0.1, 0.15) is 6.42 Å². The molecule has 0 aliphatic carbocycles. The Bertz CT molecular complexity index is 524. The number of hydrogen-bond donors (Lipinski definition) is 2. The van der Waals surface area contributed by atoms with Crippen LogP contribution in [0.2, 0.25) is 0 Å². The first-order chi connectivity index (χ1) is 8.47. The highest BCUT2D eigenvalue weighted by atomic mass is 15.3. The van der Waals surface area contributed by atoms with Crippen molar-refractivity contribution in [2.75, 3.05) is 45.3 Å². The second-order valence-corrected chi connectivity index (χ2v) is 5.59. The minimum Gasteiger partial charge on any atom is -0.394 e. The highest BCUT2D eigenvalue weighted by Crippen LogP contribution is 2.22. The molecule has 2 rings (SSSR count). The van der Waals surface area contributed by atoms with E-state index in [2.05, 4.69) is 31.6 Å². The van der Waals surface area contributed by atoms with Gasteiger partial charge >= 0.3 is 0 Å². The van der Waals surface area contributed by atoms with Crippen LogP contribution < -0.4 is 11.1 Å². The van der Waals surface area contributed by atoms with Crippen molar-refractivity contribution in [1.29, 1.82) is 0 Å². The number of nitrogens with zero attached hydrogens (tertiary/aromatic N) is 3. The summed E-state index contributed by atoms with van der Waals surface area (Å²) >= 11 is 0. The molecule has 0 fully saturated rings. The summed E-state index contributed by atoms with van der Waals surface area (Å²) in [5.41, 5.74) is 7.73. The molecule has 0 aliphatic rings. The van der Waals surface area contributed by atoms with Crippen molar-refractivity contribution in [2.24, 2.45) is 0 Å². The highest BCUT2D eigenvalue weighted by Gasteiger charge is 2.09. The molecule has 98 valence electrons. The van der Waals surface area contributed by atoms with Gasteiger partial charge in [-0.05, 0) is 12.1 Å². The normalized spacial score (nSPS) is 11.9. The Kier molecular flexibility index (Phi) is 3.43. The molecule has 0 spiro atoms. The number of pyridine rings is 1. The van der Waals surface area contributed by atoms with E-state index in [0.29, 0.717) is 0 Å². The third kappa shape index (κ3) is 2.92. The number of rotatable bonds is 5. The average molecular weight is 248 g/mol. The van der Waals surface area contributed by atoms with Gasteiger partial charge < -0.3 is 15.5 Å². The van der Waals surface area contributed by atoms with Gasteiger partial charge in [0.2, 0.25) is 0 Å². The Morgan fingerprint density at radius 1 is 1.33 bits per heavy atom.